The molecule has 0 amide bonds. The van der Waals surface area contributed by atoms with Crippen molar-refractivity contribution in [3.8, 4) is 0 Å². The summed E-state index contributed by atoms with van der Waals surface area (Å²) in [4.78, 5) is 23.8. The number of likely N-dealkylation sites (N-methyl/N-ethyl adjacent to an activating group) is 1. The first kappa shape index (κ1) is 12.0. The van der Waals surface area contributed by atoms with Gasteiger partial charge in [-0.25, -0.2) is 0 Å². The maximum absolute atomic E-state index is 11.4. The van der Waals surface area contributed by atoms with Crippen LogP contribution in [0.4, 0.5) is 0 Å². The van der Waals surface area contributed by atoms with Gasteiger partial charge in [-0.3, -0.25) is 9.69 Å². The number of rotatable bonds is 7. The van der Waals surface area contributed by atoms with Gasteiger partial charge in [0, 0.05) is 0 Å². The van der Waals surface area contributed by atoms with Crippen LogP contribution < -0.4 is 0 Å². The third-order valence-corrected chi connectivity index (χ3v) is 2.05. The predicted molar refractivity (Wildman–Crippen MR) is 52.5 cm³/mol. The van der Waals surface area contributed by atoms with E-state index in [1.54, 1.807) is 0 Å². The minimum absolute atomic E-state index is 0.0753. The van der Waals surface area contributed by atoms with Crippen LogP contribution in [-0.4, -0.2) is 36.6 Å². The van der Waals surface area contributed by atoms with Gasteiger partial charge in [-0.2, -0.15) is 0 Å². The molecule has 0 heterocycles. The number of carbonyl (C=O) groups is 2. The highest BCUT2D eigenvalue weighted by Gasteiger charge is 2.15. The summed E-state index contributed by atoms with van der Waals surface area (Å²) in [7, 11) is 0. The molecule has 1 unspecified atom stereocenters. The van der Waals surface area contributed by atoms with Crippen molar-refractivity contribution in [2.24, 2.45) is 5.92 Å². The van der Waals surface area contributed by atoms with Crippen molar-refractivity contribution in [3.63, 3.8) is 0 Å². The van der Waals surface area contributed by atoms with Crippen LogP contribution in [0.5, 0.6) is 0 Å². The molecule has 0 aromatic rings. The smallest absolute Gasteiger partial charge is 0.160 e. The van der Waals surface area contributed by atoms with E-state index in [1.165, 1.54) is 6.08 Å². The Labute approximate surface area is 79.4 Å². The summed E-state index contributed by atoms with van der Waals surface area (Å²) in [6.07, 6.45) is 2.03. The molecular weight excluding hydrogens is 166 g/mol. The number of hydrogen-bond acceptors (Lipinski definition) is 3. The van der Waals surface area contributed by atoms with Gasteiger partial charge < -0.3 is 4.79 Å². The molecule has 3 heteroatoms. The fourth-order valence-electron chi connectivity index (χ4n) is 1.04. The number of allylic oxidation sites excluding steroid dienone is 1. The molecule has 0 radical (unpaired) electrons. The summed E-state index contributed by atoms with van der Waals surface area (Å²) in [5, 5.41) is 0. The second kappa shape index (κ2) is 6.54. The van der Waals surface area contributed by atoms with Gasteiger partial charge >= 0.3 is 0 Å². The van der Waals surface area contributed by atoms with E-state index in [9.17, 15) is 9.59 Å². The molecule has 3 nitrogen and oxygen atoms in total. The Morgan fingerprint density at radius 2 is 2.00 bits per heavy atom. The van der Waals surface area contributed by atoms with E-state index in [-0.39, 0.29) is 5.78 Å². The van der Waals surface area contributed by atoms with E-state index in [4.69, 9.17) is 0 Å². The van der Waals surface area contributed by atoms with Gasteiger partial charge in [0.25, 0.3) is 0 Å². The number of Topliss-reactive ketones (excluding diaryl/α,β-unsaturated/α-hetero) is 1. The first-order valence-corrected chi connectivity index (χ1v) is 4.52. The summed E-state index contributed by atoms with van der Waals surface area (Å²) < 4.78 is 0. The molecule has 0 spiro atoms. The highest BCUT2D eigenvalue weighted by Crippen LogP contribution is 1.98. The van der Waals surface area contributed by atoms with E-state index in [0.717, 1.165) is 13.1 Å². The van der Waals surface area contributed by atoms with E-state index >= 15 is 0 Å². The second-order valence-electron chi connectivity index (χ2n) is 2.83. The normalized spacial score (nSPS) is 12.5. The van der Waals surface area contributed by atoms with E-state index in [0.29, 0.717) is 12.8 Å². The summed E-state index contributed by atoms with van der Waals surface area (Å²) in [5.74, 6) is -0.714. The fraction of sp³-hybridized carbons (Fsp3) is 0.600. The Balaban J connectivity index is 4.10. The quantitative estimate of drug-likeness (QED) is 0.334. The van der Waals surface area contributed by atoms with E-state index < -0.39 is 5.92 Å². The van der Waals surface area contributed by atoms with Crippen molar-refractivity contribution in [2.75, 3.05) is 19.6 Å². The SMILES string of the molecule is C=CC(C=O)C(=O)CN(CC)CC. The first-order valence-electron chi connectivity index (χ1n) is 4.52. The zero-order valence-corrected chi connectivity index (χ0v) is 8.32. The Morgan fingerprint density at radius 3 is 2.31 bits per heavy atom. The lowest BCUT2D eigenvalue weighted by Crippen LogP contribution is -2.32. The molecule has 0 aliphatic rings. The molecular formula is C10H17NO2. The zero-order chi connectivity index (χ0) is 10.3. The zero-order valence-electron chi connectivity index (χ0n) is 8.32. The van der Waals surface area contributed by atoms with E-state index in [2.05, 4.69) is 6.58 Å². The van der Waals surface area contributed by atoms with Gasteiger partial charge in [-0.05, 0) is 13.1 Å². The number of carbonyl (C=O) groups excluding carboxylic acids is 2. The third kappa shape index (κ3) is 3.99. The van der Waals surface area contributed by atoms with Gasteiger partial charge in [-0.1, -0.05) is 19.9 Å². The first-order chi connectivity index (χ1) is 6.19. The molecule has 0 fully saturated rings. The standard InChI is InChI=1S/C10H17NO2/c1-4-9(8-12)10(13)7-11(5-2)6-3/h4,8-9H,1,5-7H2,2-3H3. The van der Waals surface area contributed by atoms with Gasteiger partial charge in [0.05, 0.1) is 12.5 Å². The van der Waals surface area contributed by atoms with Crippen LogP contribution in [-0.2, 0) is 9.59 Å². The van der Waals surface area contributed by atoms with Crippen LogP contribution in [0.2, 0.25) is 0 Å². The van der Waals surface area contributed by atoms with E-state index in [1.807, 2.05) is 18.7 Å². The van der Waals surface area contributed by atoms with Crippen LogP contribution >= 0.6 is 0 Å². The minimum Gasteiger partial charge on any atom is -0.302 e. The maximum atomic E-state index is 11.4. The van der Waals surface area contributed by atoms with Crippen molar-refractivity contribution in [1.29, 1.82) is 0 Å². The Hall–Kier alpha value is -0.960. The van der Waals surface area contributed by atoms with Gasteiger partial charge in [-0.15, -0.1) is 6.58 Å². The van der Waals surface area contributed by atoms with Gasteiger partial charge in [0.15, 0.2) is 5.78 Å². The number of aldehydes is 1. The van der Waals surface area contributed by atoms with Crippen LogP contribution in [0, 0.1) is 5.92 Å². The summed E-state index contributed by atoms with van der Waals surface area (Å²) in [6, 6.07) is 0. The predicted octanol–water partition coefficient (Wildman–Crippen LogP) is 0.898. The molecule has 0 saturated carbocycles. The largest absolute Gasteiger partial charge is 0.302 e. The van der Waals surface area contributed by atoms with Crippen molar-refractivity contribution in [2.45, 2.75) is 13.8 Å². The van der Waals surface area contributed by atoms with Crippen LogP contribution in [0.1, 0.15) is 13.8 Å². The molecule has 0 aromatic carbocycles. The number of hydrogen-bond donors (Lipinski definition) is 0. The molecule has 13 heavy (non-hydrogen) atoms. The van der Waals surface area contributed by atoms with Crippen LogP contribution in [0.25, 0.3) is 0 Å². The van der Waals surface area contributed by atoms with Crippen molar-refractivity contribution in [1.82, 2.24) is 4.90 Å². The lowest BCUT2D eigenvalue weighted by molar-refractivity contribution is -0.126. The molecule has 0 aromatic heterocycles. The summed E-state index contributed by atoms with van der Waals surface area (Å²) >= 11 is 0. The molecule has 0 rings (SSSR count). The highest BCUT2D eigenvalue weighted by atomic mass is 16.1. The summed E-state index contributed by atoms with van der Waals surface area (Å²) in [5.41, 5.74) is 0. The van der Waals surface area contributed by atoms with Crippen molar-refractivity contribution < 1.29 is 9.59 Å². The van der Waals surface area contributed by atoms with Crippen LogP contribution in [0.15, 0.2) is 12.7 Å². The number of ketones is 1. The Kier molecular flexibility index (Phi) is 6.06. The van der Waals surface area contributed by atoms with Crippen LogP contribution in [0.3, 0.4) is 0 Å². The molecule has 0 N–H and O–H groups in total. The molecule has 74 valence electrons. The Bertz CT molecular complexity index is 177. The Morgan fingerprint density at radius 1 is 1.46 bits per heavy atom. The summed E-state index contributed by atoms with van der Waals surface area (Å²) in [6.45, 7) is 9.40. The average molecular weight is 183 g/mol. The molecule has 0 aliphatic carbocycles. The fourth-order valence-corrected chi connectivity index (χ4v) is 1.04. The molecule has 0 aliphatic heterocycles. The highest BCUT2D eigenvalue weighted by molar-refractivity contribution is 5.96. The number of nitrogens with zero attached hydrogens (tertiary/aromatic N) is 1. The lowest BCUT2D eigenvalue weighted by atomic mass is 10.1. The minimum atomic E-state index is -0.638. The second-order valence-corrected chi connectivity index (χ2v) is 2.83. The van der Waals surface area contributed by atoms with Crippen molar-refractivity contribution >= 4 is 12.1 Å². The molecule has 1 atom stereocenters. The van der Waals surface area contributed by atoms with Gasteiger partial charge in [0.1, 0.15) is 6.29 Å². The lowest BCUT2D eigenvalue weighted by Gasteiger charge is -2.17. The average Bonchev–Trinajstić information content (AvgIpc) is 2.16. The molecule has 0 saturated heterocycles. The topological polar surface area (TPSA) is 37.4 Å². The van der Waals surface area contributed by atoms with Gasteiger partial charge in [0.2, 0.25) is 0 Å². The van der Waals surface area contributed by atoms with Crippen molar-refractivity contribution in [3.05, 3.63) is 12.7 Å². The monoisotopic (exact) mass is 183 g/mol. The third-order valence-electron chi connectivity index (χ3n) is 2.05. The maximum Gasteiger partial charge on any atom is 0.160 e. The molecule has 0 bridgehead atoms.